The number of hydrogen-bond donors (Lipinski definition) is 0. The quantitative estimate of drug-likeness (QED) is 0.245. The fourth-order valence-electron chi connectivity index (χ4n) is 5.66. The van der Waals surface area contributed by atoms with Crippen LogP contribution in [-0.4, -0.2) is 16.9 Å². The van der Waals surface area contributed by atoms with Gasteiger partial charge < -0.3 is 0 Å². The Balaban J connectivity index is 1.77. The lowest BCUT2D eigenvalue weighted by atomic mass is 9.58. The van der Waals surface area contributed by atoms with Gasteiger partial charge in [0.1, 0.15) is 5.41 Å². The number of carbonyl (C=O) groups excluding carboxylic acids is 2. The molecule has 0 spiro atoms. The van der Waals surface area contributed by atoms with E-state index in [0.717, 1.165) is 15.9 Å². The van der Waals surface area contributed by atoms with E-state index >= 15 is 0 Å². The summed E-state index contributed by atoms with van der Waals surface area (Å²) in [6.07, 6.45) is 0. The minimum absolute atomic E-state index is 0.111. The highest BCUT2D eigenvalue weighted by atomic mass is 31.2. The van der Waals surface area contributed by atoms with Crippen LogP contribution >= 0.6 is 6.89 Å². The van der Waals surface area contributed by atoms with Crippen LogP contribution < -0.4 is 15.9 Å². The van der Waals surface area contributed by atoms with Crippen molar-refractivity contribution in [2.45, 2.75) is 5.41 Å². The van der Waals surface area contributed by atoms with Crippen molar-refractivity contribution < 1.29 is 9.59 Å². The van der Waals surface area contributed by atoms with Crippen molar-refractivity contribution in [3.05, 3.63) is 163 Å². The molecule has 6 rings (SSSR count). The number of carbonyl (C=O) groups is 2. The zero-order chi connectivity index (χ0) is 25.3. The second kappa shape index (κ2) is 9.32. The van der Waals surface area contributed by atoms with Crippen LogP contribution in [0.4, 0.5) is 0 Å². The second-order valence-corrected chi connectivity index (χ2v) is 12.5. The summed E-state index contributed by atoms with van der Waals surface area (Å²) in [6, 6.07) is 49.2. The highest BCUT2D eigenvalue weighted by Crippen LogP contribution is 2.54. The van der Waals surface area contributed by atoms with Gasteiger partial charge in [-0.15, -0.1) is 0 Å². The topological polar surface area (TPSA) is 34.1 Å². The summed E-state index contributed by atoms with van der Waals surface area (Å²) in [5.74, 6) is -0.223. The Hall–Kier alpha value is -4.26. The maximum atomic E-state index is 14.8. The number of benzene rings is 5. The Morgan fingerprint density at radius 1 is 0.378 bits per heavy atom. The summed E-state index contributed by atoms with van der Waals surface area (Å²) in [4.78, 5) is 29.7. The maximum absolute atomic E-state index is 14.8. The van der Waals surface area contributed by atoms with Crippen molar-refractivity contribution in [3.8, 4) is 0 Å². The summed E-state index contributed by atoms with van der Waals surface area (Å²) in [7, 11) is 0. The standard InChI is InChI=1S/C34H25O2P/c35-32-31(33(36)34(32,26-16-6-1-7-17-26)27-18-8-2-9-19-27)37(28-20-10-3-11-21-28,29-22-12-4-13-23-29)30-24-14-5-15-25-30/h1-25H. The van der Waals surface area contributed by atoms with Crippen molar-refractivity contribution >= 4 is 39.7 Å². The molecule has 5 aromatic rings. The van der Waals surface area contributed by atoms with Crippen LogP contribution in [0, 0.1) is 0 Å². The molecule has 0 aliphatic heterocycles. The van der Waals surface area contributed by atoms with Crippen molar-refractivity contribution in [3.63, 3.8) is 0 Å². The van der Waals surface area contributed by atoms with Gasteiger partial charge in [-0.2, -0.15) is 0 Å². The Bertz CT molecular complexity index is 1460. The van der Waals surface area contributed by atoms with Crippen LogP contribution in [0.2, 0.25) is 0 Å². The molecule has 1 saturated carbocycles. The summed E-state index contributed by atoms with van der Waals surface area (Å²) in [5.41, 5.74) is 0.0843. The molecule has 178 valence electrons. The molecule has 1 fully saturated rings. The van der Waals surface area contributed by atoms with Gasteiger partial charge in [0.25, 0.3) is 0 Å². The zero-order valence-electron chi connectivity index (χ0n) is 20.2. The number of Topliss-reactive ketones (excluding diaryl/α,β-unsaturated/α-hetero) is 2. The number of hydrogen-bond acceptors (Lipinski definition) is 2. The predicted octanol–water partition coefficient (Wildman–Crippen LogP) is 5.29. The van der Waals surface area contributed by atoms with E-state index in [-0.39, 0.29) is 11.6 Å². The third-order valence-electron chi connectivity index (χ3n) is 7.29. The van der Waals surface area contributed by atoms with Crippen LogP contribution in [-0.2, 0) is 15.0 Å². The van der Waals surface area contributed by atoms with Crippen molar-refractivity contribution in [2.24, 2.45) is 0 Å². The highest BCUT2D eigenvalue weighted by molar-refractivity contribution is 7.98. The molecule has 0 atom stereocenters. The van der Waals surface area contributed by atoms with E-state index in [9.17, 15) is 9.59 Å². The van der Waals surface area contributed by atoms with Gasteiger partial charge in [0.05, 0.1) is 5.29 Å². The minimum Gasteiger partial charge on any atom is -0.292 e. The van der Waals surface area contributed by atoms with Crippen LogP contribution in [0.15, 0.2) is 152 Å². The Kier molecular flexibility index (Phi) is 5.83. The Morgan fingerprint density at radius 2 is 0.649 bits per heavy atom. The molecule has 1 aliphatic rings. The van der Waals surface area contributed by atoms with Gasteiger partial charge in [-0.1, -0.05) is 152 Å². The molecule has 0 radical (unpaired) electrons. The Labute approximate surface area is 217 Å². The first-order chi connectivity index (χ1) is 18.2. The third-order valence-corrected chi connectivity index (χ3v) is 11.6. The van der Waals surface area contributed by atoms with Crippen molar-refractivity contribution in [1.82, 2.24) is 0 Å². The molecule has 0 aromatic heterocycles. The average molecular weight is 497 g/mol. The van der Waals surface area contributed by atoms with Crippen LogP contribution in [0.3, 0.4) is 0 Å². The normalized spacial score (nSPS) is 14.8. The van der Waals surface area contributed by atoms with Gasteiger partial charge in [0.15, 0.2) is 11.6 Å². The number of rotatable bonds is 5. The van der Waals surface area contributed by atoms with Gasteiger partial charge in [-0.3, -0.25) is 9.59 Å². The molecule has 5 aromatic carbocycles. The van der Waals surface area contributed by atoms with E-state index in [2.05, 4.69) is 36.4 Å². The molecule has 2 nitrogen and oxygen atoms in total. The fraction of sp³-hybridized carbons (Fsp3) is 0.0294. The van der Waals surface area contributed by atoms with Gasteiger partial charge >= 0.3 is 0 Å². The largest absolute Gasteiger partial charge is 0.292 e. The van der Waals surface area contributed by atoms with Crippen LogP contribution in [0.25, 0.3) is 0 Å². The van der Waals surface area contributed by atoms with E-state index in [1.807, 2.05) is 115 Å². The lowest BCUT2D eigenvalue weighted by Crippen LogP contribution is -2.65. The lowest BCUT2D eigenvalue weighted by molar-refractivity contribution is -0.131. The predicted molar refractivity (Wildman–Crippen MR) is 154 cm³/mol. The molecule has 37 heavy (non-hydrogen) atoms. The van der Waals surface area contributed by atoms with E-state index in [0.29, 0.717) is 16.4 Å². The summed E-state index contributed by atoms with van der Waals surface area (Å²) < 4.78 is 0. The minimum atomic E-state index is -2.77. The van der Waals surface area contributed by atoms with Crippen LogP contribution in [0.1, 0.15) is 11.1 Å². The summed E-state index contributed by atoms with van der Waals surface area (Å²) >= 11 is 0. The number of ketones is 2. The molecule has 1 aliphatic carbocycles. The average Bonchev–Trinajstić information content (AvgIpc) is 2.98. The highest BCUT2D eigenvalue weighted by Gasteiger charge is 2.63. The molecular weight excluding hydrogens is 471 g/mol. The smallest absolute Gasteiger partial charge is 0.190 e. The molecule has 3 heteroatoms. The molecule has 0 saturated heterocycles. The molecule has 0 bridgehead atoms. The molecular formula is C34H25O2P. The molecule has 0 heterocycles. The van der Waals surface area contributed by atoms with Crippen LogP contribution in [0.5, 0.6) is 0 Å². The first-order valence-electron chi connectivity index (χ1n) is 12.4. The SMILES string of the molecule is O=C1C(=P(c2ccccc2)(c2ccccc2)c2ccccc2)C(=O)C1(c1ccccc1)c1ccccc1. The Morgan fingerprint density at radius 3 is 0.946 bits per heavy atom. The lowest BCUT2D eigenvalue weighted by Gasteiger charge is -2.45. The van der Waals surface area contributed by atoms with E-state index in [4.69, 9.17) is 0 Å². The summed E-state index contributed by atoms with van der Waals surface area (Å²) in [6.45, 7) is -2.77. The third kappa shape index (κ3) is 3.34. The van der Waals surface area contributed by atoms with E-state index in [1.54, 1.807) is 0 Å². The van der Waals surface area contributed by atoms with Gasteiger partial charge in [-0.25, -0.2) is 0 Å². The fourth-order valence-corrected chi connectivity index (χ4v) is 10.1. The van der Waals surface area contributed by atoms with Crippen molar-refractivity contribution in [2.75, 3.05) is 0 Å². The van der Waals surface area contributed by atoms with E-state index in [1.165, 1.54) is 0 Å². The molecule has 0 unspecified atom stereocenters. The van der Waals surface area contributed by atoms with E-state index < -0.39 is 12.3 Å². The first-order valence-corrected chi connectivity index (χ1v) is 14.1. The summed E-state index contributed by atoms with van der Waals surface area (Å²) in [5, 5.41) is 3.40. The maximum Gasteiger partial charge on any atom is 0.190 e. The zero-order valence-corrected chi connectivity index (χ0v) is 21.1. The van der Waals surface area contributed by atoms with Gasteiger partial charge in [-0.05, 0) is 33.9 Å². The molecule has 0 amide bonds. The van der Waals surface area contributed by atoms with Gasteiger partial charge in [0.2, 0.25) is 0 Å². The second-order valence-electron chi connectivity index (χ2n) is 9.17. The molecule has 0 N–H and O–H groups in total. The van der Waals surface area contributed by atoms with Gasteiger partial charge in [0, 0.05) is 0 Å². The van der Waals surface area contributed by atoms with Crippen molar-refractivity contribution in [1.29, 1.82) is 0 Å². The monoisotopic (exact) mass is 496 g/mol. The first kappa shape index (κ1) is 23.2.